The molecule has 0 saturated carbocycles. The number of rotatable bonds is 1. The molecule has 0 atom stereocenters. The number of hydrogen-bond acceptors (Lipinski definition) is 3. The molecule has 0 aliphatic heterocycles. The summed E-state index contributed by atoms with van der Waals surface area (Å²) in [7, 11) is 0. The second-order valence-corrected chi connectivity index (χ2v) is 5.61. The quantitative estimate of drug-likeness (QED) is 0.667. The standard InChI is InChI=1S/C10H6Br3N3/c1-5-14-4-15-10(16-5)6-2-7(11)9(13)8(12)3-6/h2-4H,1H3. The smallest absolute Gasteiger partial charge is 0.163 e. The third-order valence-corrected chi connectivity index (χ3v) is 5.10. The Bertz CT molecular complexity index is 520. The van der Waals surface area contributed by atoms with Gasteiger partial charge in [0.15, 0.2) is 5.82 Å². The van der Waals surface area contributed by atoms with Gasteiger partial charge in [0.1, 0.15) is 12.2 Å². The molecule has 0 fully saturated rings. The molecule has 0 amide bonds. The molecule has 0 saturated heterocycles. The lowest BCUT2D eigenvalue weighted by molar-refractivity contribution is 0.982. The van der Waals surface area contributed by atoms with Gasteiger partial charge < -0.3 is 0 Å². The first kappa shape index (κ1) is 12.1. The maximum Gasteiger partial charge on any atom is 0.163 e. The maximum atomic E-state index is 4.28. The van der Waals surface area contributed by atoms with E-state index < -0.39 is 0 Å². The summed E-state index contributed by atoms with van der Waals surface area (Å²) in [5.41, 5.74) is 0.937. The Kier molecular flexibility index (Phi) is 3.71. The van der Waals surface area contributed by atoms with Gasteiger partial charge in [0.05, 0.1) is 0 Å². The van der Waals surface area contributed by atoms with E-state index >= 15 is 0 Å². The van der Waals surface area contributed by atoms with Crippen molar-refractivity contribution >= 4 is 47.8 Å². The van der Waals surface area contributed by atoms with Crippen LogP contribution in [0.25, 0.3) is 11.4 Å². The van der Waals surface area contributed by atoms with Gasteiger partial charge in [0.25, 0.3) is 0 Å². The molecule has 0 bridgehead atoms. The van der Waals surface area contributed by atoms with Crippen LogP contribution in [0.1, 0.15) is 5.82 Å². The number of aromatic nitrogens is 3. The van der Waals surface area contributed by atoms with Crippen molar-refractivity contribution in [2.75, 3.05) is 0 Å². The van der Waals surface area contributed by atoms with E-state index in [-0.39, 0.29) is 0 Å². The van der Waals surface area contributed by atoms with Crippen molar-refractivity contribution < 1.29 is 0 Å². The summed E-state index contributed by atoms with van der Waals surface area (Å²) in [5.74, 6) is 1.38. The number of halogens is 3. The van der Waals surface area contributed by atoms with E-state index in [1.165, 1.54) is 6.33 Å². The van der Waals surface area contributed by atoms with Gasteiger partial charge in [-0.05, 0) is 66.8 Å². The molecule has 1 heterocycles. The van der Waals surface area contributed by atoms with Crippen LogP contribution in [-0.2, 0) is 0 Å². The molecule has 2 rings (SSSR count). The van der Waals surface area contributed by atoms with Crippen molar-refractivity contribution in [2.45, 2.75) is 6.92 Å². The van der Waals surface area contributed by atoms with Crippen LogP contribution in [0.2, 0.25) is 0 Å². The molecule has 1 aromatic heterocycles. The second-order valence-electron chi connectivity index (χ2n) is 3.11. The summed E-state index contributed by atoms with van der Waals surface area (Å²) in [6.07, 6.45) is 1.52. The maximum absolute atomic E-state index is 4.28. The lowest BCUT2D eigenvalue weighted by Crippen LogP contribution is -1.94. The molecule has 1 aromatic carbocycles. The molecule has 0 spiro atoms. The van der Waals surface area contributed by atoms with Crippen LogP contribution < -0.4 is 0 Å². The summed E-state index contributed by atoms with van der Waals surface area (Å²) in [4.78, 5) is 12.4. The molecule has 6 heteroatoms. The van der Waals surface area contributed by atoms with Crippen molar-refractivity contribution in [3.8, 4) is 11.4 Å². The molecule has 3 nitrogen and oxygen atoms in total. The minimum atomic E-state index is 0.668. The zero-order valence-electron chi connectivity index (χ0n) is 8.21. The van der Waals surface area contributed by atoms with Gasteiger partial charge in [-0.3, -0.25) is 0 Å². The van der Waals surface area contributed by atoms with E-state index in [0.29, 0.717) is 11.6 Å². The zero-order chi connectivity index (χ0) is 11.7. The van der Waals surface area contributed by atoms with Gasteiger partial charge >= 0.3 is 0 Å². The predicted octanol–water partition coefficient (Wildman–Crippen LogP) is 4.13. The topological polar surface area (TPSA) is 38.7 Å². The third-order valence-electron chi connectivity index (χ3n) is 1.93. The van der Waals surface area contributed by atoms with Crippen LogP contribution in [0.15, 0.2) is 31.9 Å². The van der Waals surface area contributed by atoms with Crippen LogP contribution >= 0.6 is 47.8 Å². The Balaban J connectivity index is 2.57. The molecular formula is C10H6Br3N3. The summed E-state index contributed by atoms with van der Waals surface area (Å²) in [6, 6.07) is 3.92. The van der Waals surface area contributed by atoms with Crippen molar-refractivity contribution in [2.24, 2.45) is 0 Å². The van der Waals surface area contributed by atoms with Crippen molar-refractivity contribution in [1.82, 2.24) is 15.0 Å². The molecule has 82 valence electrons. The van der Waals surface area contributed by atoms with Gasteiger partial charge in [0.2, 0.25) is 0 Å². The number of benzene rings is 1. The SMILES string of the molecule is Cc1ncnc(-c2cc(Br)c(Br)c(Br)c2)n1. The summed E-state index contributed by atoms with van der Waals surface area (Å²) < 4.78 is 2.88. The highest BCUT2D eigenvalue weighted by Gasteiger charge is 2.08. The van der Waals surface area contributed by atoms with E-state index in [1.54, 1.807) is 0 Å². The molecule has 0 N–H and O–H groups in total. The molecule has 16 heavy (non-hydrogen) atoms. The minimum Gasteiger partial charge on any atom is -0.222 e. The Labute approximate surface area is 118 Å². The first-order chi connectivity index (χ1) is 7.58. The van der Waals surface area contributed by atoms with Crippen molar-refractivity contribution in [3.05, 3.63) is 37.7 Å². The second kappa shape index (κ2) is 4.89. The number of aryl methyl sites for hydroxylation is 1. The highest BCUT2D eigenvalue weighted by molar-refractivity contribution is 9.14. The third kappa shape index (κ3) is 2.49. The van der Waals surface area contributed by atoms with Crippen LogP contribution in [0.3, 0.4) is 0 Å². The van der Waals surface area contributed by atoms with Crippen molar-refractivity contribution in [3.63, 3.8) is 0 Å². The van der Waals surface area contributed by atoms with Gasteiger partial charge in [-0.1, -0.05) is 0 Å². The Morgan fingerprint density at radius 3 is 2.19 bits per heavy atom. The van der Waals surface area contributed by atoms with Gasteiger partial charge in [-0.15, -0.1) is 0 Å². The number of nitrogens with zero attached hydrogens (tertiary/aromatic N) is 3. The highest BCUT2D eigenvalue weighted by Crippen LogP contribution is 2.34. The summed E-state index contributed by atoms with van der Waals surface area (Å²) in [5, 5.41) is 0. The van der Waals surface area contributed by atoms with E-state index in [1.807, 2.05) is 19.1 Å². The van der Waals surface area contributed by atoms with Crippen LogP contribution in [0.5, 0.6) is 0 Å². The van der Waals surface area contributed by atoms with Gasteiger partial charge in [0, 0.05) is 19.0 Å². The molecule has 2 aromatic rings. The zero-order valence-corrected chi connectivity index (χ0v) is 13.0. The monoisotopic (exact) mass is 405 g/mol. The van der Waals surface area contributed by atoms with E-state index in [9.17, 15) is 0 Å². The van der Waals surface area contributed by atoms with Crippen LogP contribution in [0.4, 0.5) is 0 Å². The summed E-state index contributed by atoms with van der Waals surface area (Å²) >= 11 is 10.4. The normalized spacial score (nSPS) is 10.5. The van der Waals surface area contributed by atoms with Gasteiger partial charge in [-0.25, -0.2) is 15.0 Å². The predicted molar refractivity (Wildman–Crippen MR) is 73.1 cm³/mol. The molecule has 0 unspecified atom stereocenters. The first-order valence-electron chi connectivity index (χ1n) is 4.38. The molecule has 0 aliphatic carbocycles. The van der Waals surface area contributed by atoms with E-state index in [2.05, 4.69) is 62.7 Å². The highest BCUT2D eigenvalue weighted by atomic mass is 79.9. The average molecular weight is 408 g/mol. The van der Waals surface area contributed by atoms with E-state index in [0.717, 1.165) is 19.0 Å². The van der Waals surface area contributed by atoms with Gasteiger partial charge in [-0.2, -0.15) is 0 Å². The molecule has 0 aliphatic rings. The summed E-state index contributed by atoms with van der Waals surface area (Å²) in [6.45, 7) is 1.84. The molecule has 0 radical (unpaired) electrons. The lowest BCUT2D eigenvalue weighted by atomic mass is 10.2. The van der Waals surface area contributed by atoms with E-state index in [4.69, 9.17) is 0 Å². The Hall–Kier alpha value is -0.330. The Morgan fingerprint density at radius 1 is 1.00 bits per heavy atom. The number of hydrogen-bond donors (Lipinski definition) is 0. The van der Waals surface area contributed by atoms with Crippen LogP contribution in [-0.4, -0.2) is 15.0 Å². The average Bonchev–Trinajstić information content (AvgIpc) is 2.25. The Morgan fingerprint density at radius 2 is 1.62 bits per heavy atom. The fraction of sp³-hybridized carbons (Fsp3) is 0.100. The largest absolute Gasteiger partial charge is 0.222 e. The minimum absolute atomic E-state index is 0.668. The first-order valence-corrected chi connectivity index (χ1v) is 6.76. The fourth-order valence-electron chi connectivity index (χ4n) is 1.20. The van der Waals surface area contributed by atoms with Crippen LogP contribution in [0, 0.1) is 6.92 Å². The fourth-order valence-corrected chi connectivity index (χ4v) is 2.62. The molecular weight excluding hydrogens is 402 g/mol. The van der Waals surface area contributed by atoms with Crippen molar-refractivity contribution in [1.29, 1.82) is 0 Å². The lowest BCUT2D eigenvalue weighted by Gasteiger charge is -2.05.